The third kappa shape index (κ3) is 5.29. The molecule has 1 N–H and O–H groups in total. The Hall–Kier alpha value is -2.42. The van der Waals surface area contributed by atoms with E-state index in [1.807, 2.05) is 19.0 Å². The van der Waals surface area contributed by atoms with Crippen molar-refractivity contribution in [1.29, 1.82) is 0 Å². The van der Waals surface area contributed by atoms with Crippen molar-refractivity contribution in [3.8, 4) is 0 Å². The summed E-state index contributed by atoms with van der Waals surface area (Å²) in [6.45, 7) is 0.565. The standard InChI is InChI=1S/C17H21F4N5/c1-25(2)10-12-6-5-11(7-13(12)18)9-22-16-23-14(17(19,20)21)8-15(24-16)26(3)4/h5-8H,9-10H2,1-4H3,(H,22,23,24). The van der Waals surface area contributed by atoms with Gasteiger partial charge in [-0.2, -0.15) is 18.2 Å². The molecule has 0 aliphatic carbocycles. The Balaban J connectivity index is 2.18. The molecular weight excluding hydrogens is 350 g/mol. The van der Waals surface area contributed by atoms with Crippen molar-refractivity contribution in [3.05, 3.63) is 46.9 Å². The van der Waals surface area contributed by atoms with Crippen molar-refractivity contribution in [1.82, 2.24) is 14.9 Å². The lowest BCUT2D eigenvalue weighted by Gasteiger charge is -2.16. The molecule has 2 rings (SSSR count). The van der Waals surface area contributed by atoms with Gasteiger partial charge in [-0.05, 0) is 25.7 Å². The van der Waals surface area contributed by atoms with Crippen LogP contribution in [0.15, 0.2) is 24.3 Å². The Morgan fingerprint density at radius 1 is 1.04 bits per heavy atom. The Morgan fingerprint density at radius 2 is 1.73 bits per heavy atom. The molecule has 142 valence electrons. The average molecular weight is 371 g/mol. The molecule has 0 unspecified atom stereocenters. The highest BCUT2D eigenvalue weighted by Gasteiger charge is 2.34. The number of rotatable bonds is 6. The minimum atomic E-state index is -4.58. The van der Waals surface area contributed by atoms with Gasteiger partial charge in [0.1, 0.15) is 11.6 Å². The summed E-state index contributed by atoms with van der Waals surface area (Å²) in [7, 11) is 6.85. The van der Waals surface area contributed by atoms with E-state index in [4.69, 9.17) is 0 Å². The van der Waals surface area contributed by atoms with Crippen LogP contribution in [0.5, 0.6) is 0 Å². The number of nitrogens with one attached hydrogen (secondary N) is 1. The summed E-state index contributed by atoms with van der Waals surface area (Å²) in [5.41, 5.74) is 0.0904. The van der Waals surface area contributed by atoms with Crippen LogP contribution in [-0.4, -0.2) is 43.1 Å². The fourth-order valence-electron chi connectivity index (χ4n) is 2.24. The number of aromatic nitrogens is 2. The molecule has 0 saturated heterocycles. The van der Waals surface area contributed by atoms with E-state index in [-0.39, 0.29) is 24.1 Å². The maximum Gasteiger partial charge on any atom is 0.433 e. The molecule has 1 aromatic heterocycles. The van der Waals surface area contributed by atoms with Gasteiger partial charge in [-0.25, -0.2) is 9.37 Å². The summed E-state index contributed by atoms with van der Waals surface area (Å²) < 4.78 is 53.0. The van der Waals surface area contributed by atoms with E-state index in [9.17, 15) is 17.6 Å². The third-order valence-corrected chi connectivity index (χ3v) is 3.52. The minimum Gasteiger partial charge on any atom is -0.363 e. The maximum absolute atomic E-state index is 14.1. The molecule has 0 aliphatic rings. The third-order valence-electron chi connectivity index (χ3n) is 3.52. The number of alkyl halides is 3. The average Bonchev–Trinajstić information content (AvgIpc) is 2.53. The number of benzene rings is 1. The second kappa shape index (κ2) is 7.86. The van der Waals surface area contributed by atoms with Gasteiger partial charge in [0.05, 0.1) is 0 Å². The Labute approximate surface area is 149 Å². The van der Waals surface area contributed by atoms with Gasteiger partial charge in [-0.3, -0.25) is 0 Å². The fraction of sp³-hybridized carbons (Fsp3) is 0.412. The van der Waals surface area contributed by atoms with Crippen molar-refractivity contribution >= 4 is 11.8 Å². The smallest absolute Gasteiger partial charge is 0.363 e. The van der Waals surface area contributed by atoms with Crippen LogP contribution in [0, 0.1) is 5.82 Å². The quantitative estimate of drug-likeness (QED) is 0.789. The van der Waals surface area contributed by atoms with Gasteiger partial charge >= 0.3 is 6.18 Å². The van der Waals surface area contributed by atoms with Crippen molar-refractivity contribution in [2.75, 3.05) is 38.4 Å². The molecule has 0 radical (unpaired) electrons. The molecule has 1 heterocycles. The summed E-state index contributed by atoms with van der Waals surface area (Å²) in [6.07, 6.45) is -4.58. The molecule has 9 heteroatoms. The van der Waals surface area contributed by atoms with Gasteiger partial charge in [-0.15, -0.1) is 0 Å². The predicted octanol–water partition coefficient (Wildman–Crippen LogP) is 3.37. The first-order valence-corrected chi connectivity index (χ1v) is 7.86. The first kappa shape index (κ1) is 19.9. The second-order valence-corrected chi connectivity index (χ2v) is 6.34. The Bertz CT molecular complexity index is 759. The molecule has 0 spiro atoms. The van der Waals surface area contributed by atoms with E-state index in [0.717, 1.165) is 6.07 Å². The SMILES string of the molecule is CN(C)Cc1ccc(CNc2nc(N(C)C)cc(C(F)(F)F)n2)cc1F. The molecule has 26 heavy (non-hydrogen) atoms. The lowest BCUT2D eigenvalue weighted by atomic mass is 10.1. The van der Waals surface area contributed by atoms with Crippen LogP contribution in [0.25, 0.3) is 0 Å². The van der Waals surface area contributed by atoms with E-state index in [0.29, 0.717) is 17.7 Å². The van der Waals surface area contributed by atoms with Gasteiger partial charge in [0.15, 0.2) is 5.69 Å². The number of anilines is 2. The summed E-state index contributed by atoms with van der Waals surface area (Å²) in [4.78, 5) is 10.9. The van der Waals surface area contributed by atoms with Crippen molar-refractivity contribution in [2.45, 2.75) is 19.3 Å². The zero-order chi connectivity index (χ0) is 19.5. The van der Waals surface area contributed by atoms with Gasteiger partial charge in [0, 0.05) is 38.8 Å². The molecular formula is C17H21F4N5. The first-order valence-electron chi connectivity index (χ1n) is 7.86. The van der Waals surface area contributed by atoms with Gasteiger partial charge < -0.3 is 15.1 Å². The molecule has 0 atom stereocenters. The summed E-state index contributed by atoms with van der Waals surface area (Å²) >= 11 is 0. The van der Waals surface area contributed by atoms with Crippen LogP contribution in [0.4, 0.5) is 29.3 Å². The van der Waals surface area contributed by atoms with Crippen molar-refractivity contribution < 1.29 is 17.6 Å². The maximum atomic E-state index is 14.1. The summed E-state index contributed by atoms with van der Waals surface area (Å²) in [5, 5.41) is 2.73. The molecule has 0 bridgehead atoms. The van der Waals surface area contributed by atoms with Crippen LogP contribution in [0.3, 0.4) is 0 Å². The predicted molar refractivity (Wildman–Crippen MR) is 92.5 cm³/mol. The fourth-order valence-corrected chi connectivity index (χ4v) is 2.24. The van der Waals surface area contributed by atoms with E-state index in [2.05, 4.69) is 15.3 Å². The Morgan fingerprint density at radius 3 is 2.27 bits per heavy atom. The lowest BCUT2D eigenvalue weighted by Crippen LogP contribution is -2.17. The highest BCUT2D eigenvalue weighted by atomic mass is 19.4. The van der Waals surface area contributed by atoms with Crippen LogP contribution in [0.1, 0.15) is 16.8 Å². The zero-order valence-corrected chi connectivity index (χ0v) is 15.0. The normalized spacial score (nSPS) is 11.7. The molecule has 0 saturated carbocycles. The van der Waals surface area contributed by atoms with Crippen LogP contribution >= 0.6 is 0 Å². The molecule has 5 nitrogen and oxygen atoms in total. The highest BCUT2D eigenvalue weighted by molar-refractivity contribution is 5.44. The number of hydrogen-bond donors (Lipinski definition) is 1. The van der Waals surface area contributed by atoms with Crippen LogP contribution in [0.2, 0.25) is 0 Å². The zero-order valence-electron chi connectivity index (χ0n) is 15.0. The molecule has 0 fully saturated rings. The second-order valence-electron chi connectivity index (χ2n) is 6.34. The number of halogens is 4. The highest BCUT2D eigenvalue weighted by Crippen LogP contribution is 2.30. The number of hydrogen-bond acceptors (Lipinski definition) is 5. The van der Waals surface area contributed by atoms with Gasteiger partial charge in [0.25, 0.3) is 0 Å². The van der Waals surface area contributed by atoms with E-state index >= 15 is 0 Å². The summed E-state index contributed by atoms with van der Waals surface area (Å²) in [5.74, 6) is -0.402. The van der Waals surface area contributed by atoms with Gasteiger partial charge in [-0.1, -0.05) is 12.1 Å². The molecule has 1 aromatic carbocycles. The van der Waals surface area contributed by atoms with E-state index in [1.165, 1.54) is 11.0 Å². The number of nitrogens with zero attached hydrogens (tertiary/aromatic N) is 4. The van der Waals surface area contributed by atoms with Crippen molar-refractivity contribution in [3.63, 3.8) is 0 Å². The molecule has 2 aromatic rings. The van der Waals surface area contributed by atoms with Crippen molar-refractivity contribution in [2.24, 2.45) is 0 Å². The largest absolute Gasteiger partial charge is 0.433 e. The van der Waals surface area contributed by atoms with Crippen LogP contribution < -0.4 is 10.2 Å². The van der Waals surface area contributed by atoms with Crippen LogP contribution in [-0.2, 0) is 19.3 Å². The lowest BCUT2D eigenvalue weighted by molar-refractivity contribution is -0.141. The molecule has 0 amide bonds. The molecule has 0 aliphatic heterocycles. The van der Waals surface area contributed by atoms with Gasteiger partial charge in [0.2, 0.25) is 5.95 Å². The topological polar surface area (TPSA) is 44.3 Å². The monoisotopic (exact) mass is 371 g/mol. The first-order chi connectivity index (χ1) is 12.1. The minimum absolute atomic E-state index is 0.105. The van der Waals surface area contributed by atoms with E-state index in [1.54, 1.807) is 26.2 Å². The Kier molecular flexibility index (Phi) is 6.01. The van der Waals surface area contributed by atoms with E-state index < -0.39 is 11.9 Å². The summed E-state index contributed by atoms with van der Waals surface area (Å²) in [6, 6.07) is 5.60.